The van der Waals surface area contributed by atoms with Crippen molar-refractivity contribution in [2.45, 2.75) is 193 Å². The monoisotopic (exact) mass is 824 g/mol. The Morgan fingerprint density at radius 2 is 0.965 bits per heavy atom. The fraction of sp³-hybridized carbons (Fsp3) is 0.787. The summed E-state index contributed by atoms with van der Waals surface area (Å²) in [6, 6.07) is 0. The fourth-order valence-electron chi connectivity index (χ4n) is 5.94. The van der Waals surface area contributed by atoms with Gasteiger partial charge in [0.15, 0.2) is 6.10 Å². The zero-order chi connectivity index (χ0) is 42.1. The van der Waals surface area contributed by atoms with E-state index in [0.29, 0.717) is 17.4 Å². The summed E-state index contributed by atoms with van der Waals surface area (Å²) in [6.45, 7) is 4.14. The summed E-state index contributed by atoms with van der Waals surface area (Å²) in [5.74, 6) is -0.856. The van der Waals surface area contributed by atoms with Gasteiger partial charge in [-0.15, -0.1) is 0 Å². The Morgan fingerprint density at radius 1 is 0.544 bits per heavy atom. The lowest BCUT2D eigenvalue weighted by Gasteiger charge is -2.28. The van der Waals surface area contributed by atoms with Gasteiger partial charge in [-0.05, 0) is 70.6 Å². The summed E-state index contributed by atoms with van der Waals surface area (Å²) in [6.07, 6.45) is 45.6. The molecule has 0 aromatic heterocycles. The number of hydrogen-bond acceptors (Lipinski definition) is 8. The van der Waals surface area contributed by atoms with Crippen molar-refractivity contribution >= 4 is 19.8 Å². The normalized spacial score (nSPS) is 14.0. The number of nitrogens with zero attached hydrogens (tertiary/aromatic N) is 1. The van der Waals surface area contributed by atoms with E-state index in [9.17, 15) is 19.0 Å². The number of phosphoric acid groups is 1. The van der Waals surface area contributed by atoms with Gasteiger partial charge in [0.25, 0.3) is 7.82 Å². The van der Waals surface area contributed by atoms with E-state index in [1.165, 1.54) is 70.6 Å². The van der Waals surface area contributed by atoms with E-state index in [1.54, 1.807) is 0 Å². The molecule has 0 aliphatic heterocycles. The van der Waals surface area contributed by atoms with Gasteiger partial charge in [-0.25, -0.2) is 0 Å². The molecule has 10 heteroatoms. The number of esters is 2. The molecule has 0 aliphatic rings. The van der Waals surface area contributed by atoms with Crippen LogP contribution in [0.3, 0.4) is 0 Å². The van der Waals surface area contributed by atoms with E-state index in [4.69, 9.17) is 18.5 Å². The molecule has 0 N–H and O–H groups in total. The highest BCUT2D eigenvalue weighted by molar-refractivity contribution is 7.45. The molecule has 0 aliphatic carbocycles. The van der Waals surface area contributed by atoms with Gasteiger partial charge >= 0.3 is 11.9 Å². The minimum atomic E-state index is -4.63. The van der Waals surface area contributed by atoms with Gasteiger partial charge in [0.1, 0.15) is 19.8 Å². The number of quaternary nitrogens is 1. The average molecular weight is 824 g/mol. The Labute approximate surface area is 350 Å². The first-order valence-electron chi connectivity index (χ1n) is 22.8. The zero-order valence-electron chi connectivity index (χ0n) is 37.3. The molecule has 0 aromatic rings. The number of carbonyl (C=O) groups excluding carboxylic acids is 2. The molecule has 0 heterocycles. The molecule has 0 saturated carbocycles. The average Bonchev–Trinajstić information content (AvgIpc) is 3.16. The summed E-state index contributed by atoms with van der Waals surface area (Å²) in [5, 5.41) is 0. The lowest BCUT2D eigenvalue weighted by molar-refractivity contribution is -0.870. The third kappa shape index (κ3) is 43.4. The minimum Gasteiger partial charge on any atom is -0.756 e. The number of unbranched alkanes of at least 4 members (excludes halogenated alkanes) is 19. The van der Waals surface area contributed by atoms with Crippen LogP contribution in [-0.2, 0) is 32.7 Å². The lowest BCUT2D eigenvalue weighted by atomic mass is 10.1. The van der Waals surface area contributed by atoms with Crippen molar-refractivity contribution < 1.29 is 42.1 Å². The van der Waals surface area contributed by atoms with Crippen LogP contribution in [0.4, 0.5) is 0 Å². The van der Waals surface area contributed by atoms with E-state index < -0.39 is 32.5 Å². The Kier molecular flexibility index (Phi) is 38.0. The van der Waals surface area contributed by atoms with Crippen molar-refractivity contribution in [1.82, 2.24) is 0 Å². The number of phosphoric ester groups is 1. The van der Waals surface area contributed by atoms with E-state index in [2.05, 4.69) is 62.5 Å². The van der Waals surface area contributed by atoms with Crippen LogP contribution in [0.2, 0.25) is 0 Å². The number of ether oxygens (including phenoxy) is 2. The van der Waals surface area contributed by atoms with Crippen LogP contribution >= 0.6 is 7.82 Å². The van der Waals surface area contributed by atoms with Gasteiger partial charge in [0.2, 0.25) is 0 Å². The molecule has 0 aromatic carbocycles. The van der Waals surface area contributed by atoms with E-state index in [0.717, 1.165) is 83.5 Å². The molecule has 0 rings (SSSR count). The van der Waals surface area contributed by atoms with E-state index in [1.807, 2.05) is 21.1 Å². The van der Waals surface area contributed by atoms with Crippen LogP contribution in [0.5, 0.6) is 0 Å². The number of likely N-dealkylation sites (N-methyl/N-ethyl adjacent to an activating group) is 1. The molecule has 332 valence electrons. The van der Waals surface area contributed by atoms with Crippen LogP contribution in [0.1, 0.15) is 187 Å². The SMILES string of the molecule is CCCC/C=C\C/C=C\CCCCCCCC(=O)O[C@H](COC(=O)CCCCCCCCCCC/C=C\C/C=C\CCCCC)COP(=O)([O-])OCC[N+](C)(C)C. The number of rotatable bonds is 41. The van der Waals surface area contributed by atoms with Crippen molar-refractivity contribution in [2.75, 3.05) is 47.5 Å². The number of carbonyl (C=O) groups is 2. The largest absolute Gasteiger partial charge is 0.756 e. The van der Waals surface area contributed by atoms with Crippen molar-refractivity contribution in [1.29, 1.82) is 0 Å². The van der Waals surface area contributed by atoms with Crippen LogP contribution in [0.15, 0.2) is 48.6 Å². The zero-order valence-corrected chi connectivity index (χ0v) is 38.2. The summed E-state index contributed by atoms with van der Waals surface area (Å²) >= 11 is 0. The third-order valence-electron chi connectivity index (χ3n) is 9.57. The minimum absolute atomic E-state index is 0.0357. The molecule has 0 amide bonds. The Bertz CT molecular complexity index is 1110. The van der Waals surface area contributed by atoms with Crippen molar-refractivity contribution in [2.24, 2.45) is 0 Å². The van der Waals surface area contributed by atoms with Gasteiger partial charge in [-0.1, -0.05) is 152 Å². The molecule has 57 heavy (non-hydrogen) atoms. The van der Waals surface area contributed by atoms with Gasteiger partial charge in [0.05, 0.1) is 27.7 Å². The summed E-state index contributed by atoms with van der Waals surface area (Å²) in [7, 11) is 1.15. The molecule has 0 bridgehead atoms. The maximum Gasteiger partial charge on any atom is 0.306 e. The first-order chi connectivity index (χ1) is 27.5. The first-order valence-corrected chi connectivity index (χ1v) is 24.3. The first kappa shape index (κ1) is 55.0. The maximum atomic E-state index is 12.7. The van der Waals surface area contributed by atoms with Crippen molar-refractivity contribution in [3.8, 4) is 0 Å². The van der Waals surface area contributed by atoms with Crippen LogP contribution in [0, 0.1) is 0 Å². The summed E-state index contributed by atoms with van der Waals surface area (Å²) < 4.78 is 33.9. The van der Waals surface area contributed by atoms with Gasteiger partial charge in [-0.2, -0.15) is 0 Å². The standard InChI is InChI=1S/C47H86NO8P/c1-6-8-10-12-14-16-18-20-22-23-24-25-26-28-29-31-33-35-37-39-46(49)53-43-45(44-55-57(51,52)54-42-41-48(3,4)5)56-47(50)40-38-36-34-32-30-27-21-19-17-15-13-11-9-7-2/h13-16,19-22,45H,6-12,17-18,23-44H2,1-5H3/b15-13-,16-14-,21-19-,22-20-/t45-/m1/s1. The predicted molar refractivity (Wildman–Crippen MR) is 236 cm³/mol. The van der Waals surface area contributed by atoms with Gasteiger partial charge in [-0.3, -0.25) is 14.2 Å². The molecule has 0 saturated heterocycles. The number of allylic oxidation sites excluding steroid dienone is 8. The van der Waals surface area contributed by atoms with E-state index in [-0.39, 0.29) is 26.1 Å². The molecule has 0 fully saturated rings. The fourth-order valence-corrected chi connectivity index (χ4v) is 6.66. The lowest BCUT2D eigenvalue weighted by Crippen LogP contribution is -2.37. The highest BCUT2D eigenvalue weighted by atomic mass is 31.2. The second-order valence-corrected chi connectivity index (χ2v) is 17.8. The smallest absolute Gasteiger partial charge is 0.306 e. The van der Waals surface area contributed by atoms with Crippen LogP contribution in [0.25, 0.3) is 0 Å². The molecule has 0 spiro atoms. The highest BCUT2D eigenvalue weighted by Gasteiger charge is 2.21. The van der Waals surface area contributed by atoms with Crippen LogP contribution in [-0.4, -0.2) is 70.0 Å². The molecule has 0 radical (unpaired) electrons. The summed E-state index contributed by atoms with van der Waals surface area (Å²) in [5.41, 5.74) is 0. The van der Waals surface area contributed by atoms with Gasteiger partial charge < -0.3 is 27.9 Å². The maximum absolute atomic E-state index is 12.7. The van der Waals surface area contributed by atoms with Gasteiger partial charge in [0, 0.05) is 12.8 Å². The Morgan fingerprint density at radius 3 is 1.44 bits per heavy atom. The van der Waals surface area contributed by atoms with Crippen LogP contribution < -0.4 is 4.89 Å². The second kappa shape index (κ2) is 39.4. The Hall–Kier alpha value is -2.03. The predicted octanol–water partition coefficient (Wildman–Crippen LogP) is 12.4. The molecule has 1 unspecified atom stereocenters. The topological polar surface area (TPSA) is 111 Å². The quantitative estimate of drug-likeness (QED) is 0.0197. The molecular weight excluding hydrogens is 737 g/mol. The third-order valence-corrected chi connectivity index (χ3v) is 10.5. The number of hydrogen-bond donors (Lipinski definition) is 0. The second-order valence-electron chi connectivity index (χ2n) is 16.4. The molecular formula is C47H86NO8P. The van der Waals surface area contributed by atoms with Crippen molar-refractivity contribution in [3.63, 3.8) is 0 Å². The highest BCUT2D eigenvalue weighted by Crippen LogP contribution is 2.38. The Balaban J connectivity index is 4.33. The molecule has 9 nitrogen and oxygen atoms in total. The van der Waals surface area contributed by atoms with E-state index >= 15 is 0 Å². The summed E-state index contributed by atoms with van der Waals surface area (Å²) in [4.78, 5) is 37.6. The van der Waals surface area contributed by atoms with Crippen molar-refractivity contribution in [3.05, 3.63) is 48.6 Å². The molecule has 2 atom stereocenters.